The van der Waals surface area contributed by atoms with E-state index in [2.05, 4.69) is 29.7 Å². The summed E-state index contributed by atoms with van der Waals surface area (Å²) in [7, 11) is 0. The third-order valence-electron chi connectivity index (χ3n) is 5.25. The summed E-state index contributed by atoms with van der Waals surface area (Å²) in [4.78, 5) is 13.1. The summed E-state index contributed by atoms with van der Waals surface area (Å²) < 4.78 is 5.52. The van der Waals surface area contributed by atoms with Crippen LogP contribution in [-0.4, -0.2) is 38.3 Å². The zero-order valence-corrected chi connectivity index (χ0v) is 13.3. The molecule has 0 spiro atoms. The molecule has 0 aromatic heterocycles. The van der Waals surface area contributed by atoms with Crippen LogP contribution in [0.3, 0.4) is 0 Å². The number of amides is 1. The summed E-state index contributed by atoms with van der Waals surface area (Å²) in [6.45, 7) is 5.45. The van der Waals surface area contributed by atoms with Crippen molar-refractivity contribution in [1.29, 1.82) is 0 Å². The molecule has 4 heteroatoms. The quantitative estimate of drug-likeness (QED) is 0.896. The third kappa shape index (κ3) is 3.03. The molecule has 0 bridgehead atoms. The molecule has 2 saturated heterocycles. The molecular formula is C18H26N2O2. The van der Waals surface area contributed by atoms with Crippen molar-refractivity contribution in [3.63, 3.8) is 0 Å². The van der Waals surface area contributed by atoms with Crippen molar-refractivity contribution in [3.05, 3.63) is 35.9 Å². The minimum absolute atomic E-state index is 0.169. The van der Waals surface area contributed by atoms with Crippen LogP contribution in [0.15, 0.2) is 30.3 Å². The average molecular weight is 302 g/mol. The van der Waals surface area contributed by atoms with Gasteiger partial charge in [-0.2, -0.15) is 0 Å². The topological polar surface area (TPSA) is 50.4 Å². The Hall–Kier alpha value is -1.39. The van der Waals surface area contributed by atoms with Crippen molar-refractivity contribution in [1.82, 2.24) is 10.6 Å². The minimum Gasteiger partial charge on any atom is -0.381 e. The summed E-state index contributed by atoms with van der Waals surface area (Å²) in [5.41, 5.74) is 0.684. The van der Waals surface area contributed by atoms with Crippen LogP contribution in [0.2, 0.25) is 0 Å². The molecule has 4 nitrogen and oxygen atoms in total. The fraction of sp³-hybridized carbons (Fsp3) is 0.611. The number of ether oxygens (including phenoxy) is 1. The number of hydrogen-bond acceptors (Lipinski definition) is 3. The highest BCUT2D eigenvalue weighted by Gasteiger charge is 2.42. The summed E-state index contributed by atoms with van der Waals surface area (Å²) in [6, 6.07) is 10.4. The molecular weight excluding hydrogens is 276 g/mol. The first-order chi connectivity index (χ1) is 10.7. The molecule has 120 valence electrons. The maximum absolute atomic E-state index is 13.1. The second-order valence-electron chi connectivity index (χ2n) is 6.61. The molecule has 22 heavy (non-hydrogen) atoms. The van der Waals surface area contributed by atoms with Gasteiger partial charge in [-0.15, -0.1) is 0 Å². The van der Waals surface area contributed by atoms with Crippen LogP contribution in [0.5, 0.6) is 0 Å². The summed E-state index contributed by atoms with van der Waals surface area (Å²) in [6.07, 6.45) is 2.64. The summed E-state index contributed by atoms with van der Waals surface area (Å²) in [5.74, 6) is 0.695. The zero-order valence-electron chi connectivity index (χ0n) is 13.3. The largest absolute Gasteiger partial charge is 0.381 e. The maximum Gasteiger partial charge on any atom is 0.231 e. The first kappa shape index (κ1) is 15.5. The van der Waals surface area contributed by atoms with E-state index in [1.54, 1.807) is 0 Å². The van der Waals surface area contributed by atoms with Crippen LogP contribution >= 0.6 is 0 Å². The van der Waals surface area contributed by atoms with Gasteiger partial charge in [-0.25, -0.2) is 0 Å². The van der Waals surface area contributed by atoms with Gasteiger partial charge in [-0.1, -0.05) is 37.3 Å². The van der Waals surface area contributed by atoms with Gasteiger partial charge in [0.05, 0.1) is 5.41 Å². The lowest BCUT2D eigenvalue weighted by atomic mass is 9.73. The number of hydrogen-bond donors (Lipinski definition) is 2. The standard InChI is InChI=1S/C18H26N2O2/c1-14-7-10-19-13-16(14)20-17(21)18(8-11-22-12-9-18)15-5-3-2-4-6-15/h2-6,14,16,19H,7-13H2,1H3,(H,20,21). The molecule has 2 aliphatic rings. The molecule has 3 rings (SSSR count). The zero-order chi connectivity index (χ0) is 15.4. The smallest absolute Gasteiger partial charge is 0.231 e. The SMILES string of the molecule is CC1CCNCC1NC(=O)C1(c2ccccc2)CCOCC1. The number of carbonyl (C=O) groups excluding carboxylic acids is 1. The van der Waals surface area contributed by atoms with Gasteiger partial charge in [0.2, 0.25) is 5.91 Å². The third-order valence-corrected chi connectivity index (χ3v) is 5.25. The highest BCUT2D eigenvalue weighted by atomic mass is 16.5. The van der Waals surface area contributed by atoms with Gasteiger partial charge in [-0.05, 0) is 37.3 Å². The van der Waals surface area contributed by atoms with Gasteiger partial charge < -0.3 is 15.4 Å². The molecule has 2 aliphatic heterocycles. The van der Waals surface area contributed by atoms with Gasteiger partial charge in [0, 0.05) is 25.8 Å². The van der Waals surface area contributed by atoms with E-state index in [1.807, 2.05) is 18.2 Å². The Bertz CT molecular complexity index is 497. The van der Waals surface area contributed by atoms with Gasteiger partial charge in [0.15, 0.2) is 0 Å². The lowest BCUT2D eigenvalue weighted by molar-refractivity contribution is -0.131. The van der Waals surface area contributed by atoms with E-state index < -0.39 is 5.41 Å². The van der Waals surface area contributed by atoms with Gasteiger partial charge in [-0.3, -0.25) is 4.79 Å². The molecule has 2 N–H and O–H groups in total. The van der Waals surface area contributed by atoms with Crippen LogP contribution in [0.4, 0.5) is 0 Å². The van der Waals surface area contributed by atoms with Crippen molar-refractivity contribution >= 4 is 5.91 Å². The fourth-order valence-electron chi connectivity index (χ4n) is 3.61. The fourth-order valence-corrected chi connectivity index (χ4v) is 3.61. The Morgan fingerprint density at radius 3 is 2.68 bits per heavy atom. The first-order valence-corrected chi connectivity index (χ1v) is 8.37. The van der Waals surface area contributed by atoms with E-state index in [0.29, 0.717) is 19.1 Å². The Kier molecular flexibility index (Phi) is 4.79. The average Bonchev–Trinajstić information content (AvgIpc) is 2.58. The van der Waals surface area contributed by atoms with Crippen LogP contribution in [-0.2, 0) is 14.9 Å². The molecule has 0 aliphatic carbocycles. The molecule has 1 aromatic rings. The number of nitrogens with one attached hydrogen (secondary N) is 2. The van der Waals surface area contributed by atoms with Gasteiger partial charge >= 0.3 is 0 Å². The number of piperidine rings is 1. The van der Waals surface area contributed by atoms with E-state index in [1.165, 1.54) is 0 Å². The summed E-state index contributed by atoms with van der Waals surface area (Å²) >= 11 is 0. The van der Waals surface area contributed by atoms with Crippen molar-refractivity contribution in [2.75, 3.05) is 26.3 Å². The lowest BCUT2D eigenvalue weighted by Crippen LogP contribution is -2.56. The molecule has 1 amide bonds. The highest BCUT2D eigenvalue weighted by molar-refractivity contribution is 5.88. The van der Waals surface area contributed by atoms with Gasteiger partial charge in [0.25, 0.3) is 0 Å². The van der Waals surface area contributed by atoms with Crippen LogP contribution in [0, 0.1) is 5.92 Å². The number of carbonyl (C=O) groups is 1. The Morgan fingerprint density at radius 1 is 1.27 bits per heavy atom. The van der Waals surface area contributed by atoms with E-state index in [9.17, 15) is 4.79 Å². The molecule has 0 radical (unpaired) electrons. The number of benzene rings is 1. The Balaban J connectivity index is 1.81. The van der Waals surface area contributed by atoms with E-state index in [4.69, 9.17) is 4.74 Å². The van der Waals surface area contributed by atoms with E-state index in [-0.39, 0.29) is 11.9 Å². The summed E-state index contributed by atoms with van der Waals surface area (Å²) in [5, 5.41) is 6.71. The second kappa shape index (κ2) is 6.80. The monoisotopic (exact) mass is 302 g/mol. The minimum atomic E-state index is -0.434. The highest BCUT2D eigenvalue weighted by Crippen LogP contribution is 2.35. The van der Waals surface area contributed by atoms with E-state index in [0.717, 1.165) is 37.9 Å². The predicted molar refractivity (Wildman–Crippen MR) is 86.8 cm³/mol. The van der Waals surface area contributed by atoms with Crippen LogP contribution in [0.1, 0.15) is 31.7 Å². The Morgan fingerprint density at radius 2 is 2.00 bits per heavy atom. The first-order valence-electron chi connectivity index (χ1n) is 8.37. The van der Waals surface area contributed by atoms with Crippen molar-refractivity contribution in [2.45, 2.75) is 37.6 Å². The second-order valence-corrected chi connectivity index (χ2v) is 6.61. The normalized spacial score (nSPS) is 28.0. The van der Waals surface area contributed by atoms with Gasteiger partial charge in [0.1, 0.15) is 0 Å². The van der Waals surface area contributed by atoms with Crippen LogP contribution < -0.4 is 10.6 Å². The molecule has 0 saturated carbocycles. The van der Waals surface area contributed by atoms with Crippen LogP contribution in [0.25, 0.3) is 0 Å². The molecule has 2 heterocycles. The molecule has 2 fully saturated rings. The van der Waals surface area contributed by atoms with E-state index >= 15 is 0 Å². The van der Waals surface area contributed by atoms with Crippen molar-refractivity contribution in [2.24, 2.45) is 5.92 Å². The molecule has 1 aromatic carbocycles. The molecule has 2 atom stereocenters. The maximum atomic E-state index is 13.1. The Labute approximate surface area is 132 Å². The molecule has 2 unspecified atom stereocenters. The predicted octanol–water partition coefficient (Wildman–Crippen LogP) is 1.85. The number of rotatable bonds is 3. The van der Waals surface area contributed by atoms with Crippen molar-refractivity contribution in [3.8, 4) is 0 Å². The van der Waals surface area contributed by atoms with Crippen molar-refractivity contribution < 1.29 is 9.53 Å². The lowest BCUT2D eigenvalue weighted by Gasteiger charge is -2.39.